The van der Waals surface area contributed by atoms with Crippen LogP contribution in [0.4, 0.5) is 11.5 Å². The van der Waals surface area contributed by atoms with E-state index in [-0.39, 0.29) is 18.0 Å². The van der Waals surface area contributed by atoms with Crippen molar-refractivity contribution in [2.45, 2.75) is 26.7 Å². The minimum Gasteiger partial charge on any atom is -0.481 e. The lowest BCUT2D eigenvalue weighted by Crippen LogP contribution is -2.14. The molecule has 0 fully saturated rings. The van der Waals surface area contributed by atoms with Gasteiger partial charge >= 0.3 is 5.97 Å². The number of hydrogen-bond donors (Lipinski definition) is 2. The highest BCUT2D eigenvalue weighted by atomic mass is 16.6. The Bertz CT molecular complexity index is 476. The Hall–Kier alpha value is -2.18. The second kappa shape index (κ2) is 6.67. The summed E-state index contributed by atoms with van der Waals surface area (Å²) in [5.74, 6) is -0.0308. The molecule has 1 heterocycles. The van der Waals surface area contributed by atoms with Gasteiger partial charge in [-0.3, -0.25) is 14.9 Å². The Balaban J connectivity index is 2.53. The SMILES string of the molecule is Cc1cc([N+](=O)[O-])cnc1NCC(C)CCC(=O)O. The molecule has 104 valence electrons. The van der Waals surface area contributed by atoms with Gasteiger partial charge in [0.1, 0.15) is 12.0 Å². The molecular formula is C12H17N3O4. The summed E-state index contributed by atoms with van der Waals surface area (Å²) in [5.41, 5.74) is 0.654. The van der Waals surface area contributed by atoms with Gasteiger partial charge < -0.3 is 10.4 Å². The number of carbonyl (C=O) groups is 1. The van der Waals surface area contributed by atoms with Gasteiger partial charge in [-0.2, -0.15) is 0 Å². The maximum Gasteiger partial charge on any atom is 0.303 e. The molecule has 1 aromatic heterocycles. The van der Waals surface area contributed by atoms with Gasteiger partial charge in [0.2, 0.25) is 0 Å². The molecule has 0 radical (unpaired) electrons. The minimum atomic E-state index is -0.809. The van der Waals surface area contributed by atoms with Gasteiger partial charge in [0.15, 0.2) is 0 Å². The number of rotatable bonds is 7. The predicted molar refractivity (Wildman–Crippen MR) is 70.2 cm³/mol. The van der Waals surface area contributed by atoms with E-state index < -0.39 is 10.9 Å². The third-order valence-electron chi connectivity index (χ3n) is 2.74. The molecule has 19 heavy (non-hydrogen) atoms. The summed E-state index contributed by atoms with van der Waals surface area (Å²) in [6.07, 6.45) is 1.92. The summed E-state index contributed by atoms with van der Waals surface area (Å²) in [5, 5.41) is 22.2. The van der Waals surface area contributed by atoms with E-state index in [1.165, 1.54) is 12.3 Å². The number of aliphatic carboxylic acids is 1. The molecular weight excluding hydrogens is 250 g/mol. The maximum absolute atomic E-state index is 10.6. The number of nitrogens with zero attached hydrogens (tertiary/aromatic N) is 2. The lowest BCUT2D eigenvalue weighted by molar-refractivity contribution is -0.385. The monoisotopic (exact) mass is 267 g/mol. The molecule has 0 aromatic carbocycles. The third-order valence-corrected chi connectivity index (χ3v) is 2.74. The van der Waals surface area contributed by atoms with Crippen LogP contribution in [0.2, 0.25) is 0 Å². The quantitative estimate of drug-likeness (QED) is 0.579. The van der Waals surface area contributed by atoms with E-state index in [0.29, 0.717) is 24.3 Å². The zero-order valence-electron chi connectivity index (χ0n) is 10.9. The lowest BCUT2D eigenvalue weighted by Gasteiger charge is -2.13. The van der Waals surface area contributed by atoms with E-state index in [9.17, 15) is 14.9 Å². The van der Waals surface area contributed by atoms with Crippen molar-refractivity contribution < 1.29 is 14.8 Å². The largest absolute Gasteiger partial charge is 0.481 e. The number of carboxylic acid groups (broad SMARTS) is 1. The predicted octanol–water partition coefficient (Wildman–Crippen LogP) is 2.21. The van der Waals surface area contributed by atoms with Gasteiger partial charge in [-0.05, 0) is 24.8 Å². The molecule has 0 saturated carbocycles. The second-order valence-electron chi connectivity index (χ2n) is 4.53. The van der Waals surface area contributed by atoms with Crippen LogP contribution in [0.1, 0.15) is 25.3 Å². The van der Waals surface area contributed by atoms with Crippen LogP contribution in [0.3, 0.4) is 0 Å². The first-order valence-electron chi connectivity index (χ1n) is 5.97. The highest BCUT2D eigenvalue weighted by Crippen LogP contribution is 2.18. The van der Waals surface area contributed by atoms with Crippen LogP contribution >= 0.6 is 0 Å². The van der Waals surface area contributed by atoms with E-state index in [1.807, 2.05) is 6.92 Å². The van der Waals surface area contributed by atoms with Crippen molar-refractivity contribution in [3.63, 3.8) is 0 Å². The third kappa shape index (κ3) is 4.90. The summed E-state index contributed by atoms with van der Waals surface area (Å²) in [6.45, 7) is 4.26. The molecule has 0 aliphatic heterocycles. The number of anilines is 1. The van der Waals surface area contributed by atoms with Crippen molar-refractivity contribution in [2.75, 3.05) is 11.9 Å². The first-order chi connectivity index (χ1) is 8.90. The topological polar surface area (TPSA) is 105 Å². The molecule has 0 bridgehead atoms. The number of nitrogens with one attached hydrogen (secondary N) is 1. The average molecular weight is 267 g/mol. The lowest BCUT2D eigenvalue weighted by atomic mass is 10.1. The van der Waals surface area contributed by atoms with Crippen LogP contribution in [0, 0.1) is 23.0 Å². The first-order valence-corrected chi connectivity index (χ1v) is 5.97. The number of nitro groups is 1. The molecule has 0 spiro atoms. The fourth-order valence-corrected chi connectivity index (χ4v) is 1.59. The van der Waals surface area contributed by atoms with Gasteiger partial charge in [0.05, 0.1) is 4.92 Å². The van der Waals surface area contributed by atoms with Crippen molar-refractivity contribution in [3.05, 3.63) is 27.9 Å². The summed E-state index contributed by atoms with van der Waals surface area (Å²) >= 11 is 0. The van der Waals surface area contributed by atoms with E-state index in [0.717, 1.165) is 0 Å². The molecule has 7 nitrogen and oxygen atoms in total. The van der Waals surface area contributed by atoms with Crippen LogP contribution in [-0.2, 0) is 4.79 Å². The Morgan fingerprint density at radius 2 is 2.32 bits per heavy atom. The molecule has 0 amide bonds. The normalized spacial score (nSPS) is 11.9. The van der Waals surface area contributed by atoms with E-state index in [2.05, 4.69) is 10.3 Å². The molecule has 7 heteroatoms. The Morgan fingerprint density at radius 1 is 1.63 bits per heavy atom. The van der Waals surface area contributed by atoms with Crippen LogP contribution < -0.4 is 5.32 Å². The summed E-state index contributed by atoms with van der Waals surface area (Å²) in [6, 6.07) is 1.46. The number of aryl methyl sites for hydroxylation is 1. The van der Waals surface area contributed by atoms with Crippen molar-refractivity contribution >= 4 is 17.5 Å². The first kappa shape index (κ1) is 14.9. The van der Waals surface area contributed by atoms with Crippen LogP contribution in [-0.4, -0.2) is 27.5 Å². The van der Waals surface area contributed by atoms with Crippen molar-refractivity contribution in [1.82, 2.24) is 4.98 Å². The van der Waals surface area contributed by atoms with Crippen molar-refractivity contribution in [2.24, 2.45) is 5.92 Å². The van der Waals surface area contributed by atoms with Gasteiger partial charge in [0.25, 0.3) is 5.69 Å². The van der Waals surface area contributed by atoms with E-state index in [4.69, 9.17) is 5.11 Å². The summed E-state index contributed by atoms with van der Waals surface area (Å²) in [4.78, 5) is 24.5. The fourth-order valence-electron chi connectivity index (χ4n) is 1.59. The van der Waals surface area contributed by atoms with Gasteiger partial charge in [0, 0.05) is 19.0 Å². The highest BCUT2D eigenvalue weighted by molar-refractivity contribution is 5.66. The molecule has 1 unspecified atom stereocenters. The Kier molecular flexibility index (Phi) is 5.23. The fraction of sp³-hybridized carbons (Fsp3) is 0.500. The van der Waals surface area contributed by atoms with E-state index in [1.54, 1.807) is 6.92 Å². The van der Waals surface area contributed by atoms with Crippen LogP contribution in [0.15, 0.2) is 12.3 Å². The highest BCUT2D eigenvalue weighted by Gasteiger charge is 2.10. The maximum atomic E-state index is 10.6. The summed E-state index contributed by atoms with van der Waals surface area (Å²) < 4.78 is 0. The molecule has 1 atom stereocenters. The van der Waals surface area contributed by atoms with Gasteiger partial charge in [-0.25, -0.2) is 4.98 Å². The van der Waals surface area contributed by atoms with Crippen molar-refractivity contribution in [3.8, 4) is 0 Å². The number of pyridine rings is 1. The molecule has 0 saturated heterocycles. The zero-order chi connectivity index (χ0) is 14.4. The molecule has 1 rings (SSSR count). The van der Waals surface area contributed by atoms with Gasteiger partial charge in [-0.1, -0.05) is 6.92 Å². The number of aromatic nitrogens is 1. The minimum absolute atomic E-state index is 0.0398. The average Bonchev–Trinajstić information content (AvgIpc) is 2.34. The van der Waals surface area contributed by atoms with Crippen molar-refractivity contribution in [1.29, 1.82) is 0 Å². The van der Waals surface area contributed by atoms with Crippen LogP contribution in [0.5, 0.6) is 0 Å². The molecule has 0 aliphatic carbocycles. The number of hydrogen-bond acceptors (Lipinski definition) is 5. The molecule has 0 aliphatic rings. The van der Waals surface area contributed by atoms with Crippen LogP contribution in [0.25, 0.3) is 0 Å². The smallest absolute Gasteiger partial charge is 0.303 e. The second-order valence-corrected chi connectivity index (χ2v) is 4.53. The Morgan fingerprint density at radius 3 is 2.84 bits per heavy atom. The van der Waals surface area contributed by atoms with E-state index >= 15 is 0 Å². The van der Waals surface area contributed by atoms with Gasteiger partial charge in [-0.15, -0.1) is 0 Å². The molecule has 2 N–H and O–H groups in total. The molecule has 1 aromatic rings. The standard InChI is InChI=1S/C12H17N3O4/c1-8(3-4-11(16)17)6-13-12-9(2)5-10(7-14-12)15(18)19/h5,7-8H,3-4,6H2,1-2H3,(H,13,14)(H,16,17). The summed E-state index contributed by atoms with van der Waals surface area (Å²) in [7, 11) is 0. The number of carboxylic acids is 1. The Labute approximate surface area is 110 Å². The zero-order valence-corrected chi connectivity index (χ0v) is 10.9.